The Balaban J connectivity index is -0.000000325. The highest BCUT2D eigenvalue weighted by Crippen LogP contribution is 2.11. The summed E-state index contributed by atoms with van der Waals surface area (Å²) < 4.78 is 42.2. The molecule has 30 heavy (non-hydrogen) atoms. The molecule has 0 atom stereocenters. The first kappa shape index (κ1) is 34.5. The van der Waals surface area contributed by atoms with E-state index in [1.807, 2.05) is 41.5 Å². The minimum absolute atomic E-state index is 0.424. The van der Waals surface area contributed by atoms with E-state index < -0.39 is 19.7 Å². The van der Waals surface area contributed by atoms with Gasteiger partial charge in [0.05, 0.1) is 23.0 Å². The summed E-state index contributed by atoms with van der Waals surface area (Å²) in [7, 11) is -5.13. The van der Waals surface area contributed by atoms with E-state index in [1.165, 1.54) is 32.4 Å². The quantitative estimate of drug-likeness (QED) is 0.487. The minimum atomic E-state index is -2.58. The van der Waals surface area contributed by atoms with Crippen molar-refractivity contribution < 1.29 is 16.8 Å². The number of nitrogens with zero attached hydrogens (tertiary/aromatic N) is 1. The molecule has 3 rings (SSSR count). The Hall–Kier alpha value is -0.140. The van der Waals surface area contributed by atoms with Gasteiger partial charge in [-0.25, -0.2) is 16.8 Å². The van der Waals surface area contributed by atoms with Gasteiger partial charge in [0.15, 0.2) is 0 Å². The Morgan fingerprint density at radius 3 is 0.967 bits per heavy atom. The van der Waals surface area contributed by atoms with Crippen molar-refractivity contribution in [2.24, 2.45) is 0 Å². The molecule has 5 nitrogen and oxygen atoms in total. The van der Waals surface area contributed by atoms with Crippen molar-refractivity contribution in [1.82, 2.24) is 4.90 Å². The summed E-state index contributed by atoms with van der Waals surface area (Å²) in [5.41, 5.74) is 0. The van der Waals surface area contributed by atoms with Crippen LogP contribution in [0.5, 0.6) is 0 Å². The third kappa shape index (κ3) is 21.1. The smallest absolute Gasteiger partial charge is 0.150 e. The molecule has 3 heterocycles. The van der Waals surface area contributed by atoms with Gasteiger partial charge in [0.1, 0.15) is 19.7 Å². The van der Waals surface area contributed by atoms with Gasteiger partial charge in [-0.05, 0) is 65.5 Å². The molecule has 186 valence electrons. The molecule has 0 amide bonds. The van der Waals surface area contributed by atoms with Gasteiger partial charge >= 0.3 is 0 Å². The summed E-state index contributed by atoms with van der Waals surface area (Å²) in [6.45, 7) is 19.2. The minimum Gasteiger partial charge on any atom is -0.301 e. The first-order valence-corrected chi connectivity index (χ1v) is 16.0. The van der Waals surface area contributed by atoms with Gasteiger partial charge in [-0.3, -0.25) is 0 Å². The zero-order valence-corrected chi connectivity index (χ0v) is 23.0. The lowest BCUT2D eigenvalue weighted by Gasteiger charge is -2.29. The molecule has 0 aromatic heterocycles. The summed E-state index contributed by atoms with van der Waals surface area (Å²) in [6.07, 6.45) is 8.88. The second-order valence-electron chi connectivity index (χ2n) is 7.26. The Morgan fingerprint density at radius 2 is 0.767 bits per heavy atom. The van der Waals surface area contributed by atoms with Crippen molar-refractivity contribution in [2.45, 2.75) is 113 Å². The largest absolute Gasteiger partial charge is 0.301 e. The molecule has 3 aliphatic rings. The van der Waals surface area contributed by atoms with Crippen LogP contribution in [0.3, 0.4) is 0 Å². The third-order valence-electron chi connectivity index (χ3n) is 4.69. The predicted molar refractivity (Wildman–Crippen MR) is 135 cm³/mol. The maximum atomic E-state index is 10.7. The van der Waals surface area contributed by atoms with Crippen LogP contribution in [0.4, 0.5) is 0 Å². The zero-order chi connectivity index (χ0) is 24.1. The maximum Gasteiger partial charge on any atom is 0.150 e. The number of sulfone groups is 2. The Bertz CT molecular complexity index is 514. The highest BCUT2D eigenvalue weighted by Gasteiger charge is 2.16. The molecule has 7 heteroatoms. The number of piperidine rings is 1. The molecule has 0 unspecified atom stereocenters. The number of likely N-dealkylation sites (tertiary alicyclic amines) is 1. The van der Waals surface area contributed by atoms with Crippen molar-refractivity contribution in [3.63, 3.8) is 0 Å². The number of hydrogen-bond acceptors (Lipinski definition) is 5. The van der Waals surface area contributed by atoms with Crippen LogP contribution in [0.1, 0.15) is 107 Å². The fraction of sp³-hybridized carbons (Fsp3) is 1.00. The van der Waals surface area contributed by atoms with Crippen LogP contribution < -0.4 is 0 Å². The lowest BCUT2D eigenvalue weighted by Crippen LogP contribution is -2.35. The summed E-state index contributed by atoms with van der Waals surface area (Å²) in [4.78, 5) is 2.56. The highest BCUT2D eigenvalue weighted by atomic mass is 32.2. The second kappa shape index (κ2) is 22.1. The first-order valence-electron chi connectivity index (χ1n) is 12.4. The monoisotopic (exact) mass is 471 g/mol. The molecule has 0 aliphatic carbocycles. The van der Waals surface area contributed by atoms with Gasteiger partial charge in [-0.15, -0.1) is 0 Å². The molecule has 3 fully saturated rings. The molecule has 0 N–H and O–H groups in total. The van der Waals surface area contributed by atoms with Gasteiger partial charge in [0.25, 0.3) is 0 Å². The zero-order valence-electron chi connectivity index (χ0n) is 21.4. The van der Waals surface area contributed by atoms with Crippen LogP contribution in [0, 0.1) is 0 Å². The van der Waals surface area contributed by atoms with Crippen LogP contribution in [-0.2, 0) is 19.7 Å². The van der Waals surface area contributed by atoms with Crippen LogP contribution >= 0.6 is 0 Å². The lowest BCUT2D eigenvalue weighted by molar-refractivity contribution is 0.185. The fourth-order valence-electron chi connectivity index (χ4n) is 3.10. The third-order valence-corrected chi connectivity index (χ3v) is 8.34. The van der Waals surface area contributed by atoms with Gasteiger partial charge in [0.2, 0.25) is 0 Å². The van der Waals surface area contributed by atoms with E-state index in [0.29, 0.717) is 23.0 Å². The maximum absolute atomic E-state index is 10.7. The SMILES string of the molecule is CC.CC.CC.CC(C)N1CCCCC1.O=S1(=O)CCCC1.O=S1(=O)CCCCC1. The van der Waals surface area contributed by atoms with E-state index >= 15 is 0 Å². The summed E-state index contributed by atoms with van der Waals surface area (Å²) in [5, 5.41) is 0. The Morgan fingerprint density at radius 1 is 0.500 bits per heavy atom. The van der Waals surface area contributed by atoms with E-state index in [0.717, 1.165) is 38.1 Å². The van der Waals surface area contributed by atoms with E-state index in [2.05, 4.69) is 18.7 Å². The highest BCUT2D eigenvalue weighted by molar-refractivity contribution is 7.91. The second-order valence-corrected chi connectivity index (χ2v) is 11.9. The van der Waals surface area contributed by atoms with Crippen LogP contribution in [0.15, 0.2) is 0 Å². The van der Waals surface area contributed by atoms with Crippen LogP contribution in [0.25, 0.3) is 0 Å². The molecule has 0 bridgehead atoms. The van der Waals surface area contributed by atoms with Crippen LogP contribution in [0.2, 0.25) is 0 Å². The summed E-state index contributed by atoms with van der Waals surface area (Å²) in [5.74, 6) is 1.69. The standard InChI is InChI=1S/C8H17N.C5H10O2S.C4H8O2S.3C2H6/c1-8(2)9-6-4-3-5-7-9;6-8(7)4-2-1-3-5-8;5-7(6)3-1-2-4-7;3*1-2/h8H,3-7H2,1-2H3;1-5H2;1-4H2;3*1-2H3. The van der Waals surface area contributed by atoms with Gasteiger partial charge in [0, 0.05) is 6.04 Å². The van der Waals surface area contributed by atoms with E-state index in [1.54, 1.807) is 0 Å². The van der Waals surface area contributed by atoms with Gasteiger partial charge < -0.3 is 4.90 Å². The van der Waals surface area contributed by atoms with Crippen molar-refractivity contribution in [1.29, 1.82) is 0 Å². The molecular weight excluding hydrogens is 418 g/mol. The van der Waals surface area contributed by atoms with Crippen molar-refractivity contribution in [2.75, 3.05) is 36.1 Å². The molecule has 0 radical (unpaired) electrons. The predicted octanol–water partition coefficient (Wildman–Crippen LogP) is 5.74. The fourth-order valence-corrected chi connectivity index (χ4v) is 6.09. The molecular formula is C23H53NO4S2. The number of rotatable bonds is 1. The Labute approximate surface area is 190 Å². The average Bonchev–Trinajstić information content (AvgIpc) is 3.18. The van der Waals surface area contributed by atoms with Crippen molar-refractivity contribution in [3.8, 4) is 0 Å². The van der Waals surface area contributed by atoms with Gasteiger partial charge in [-0.1, -0.05) is 54.4 Å². The van der Waals surface area contributed by atoms with Gasteiger partial charge in [-0.2, -0.15) is 0 Å². The first-order chi connectivity index (χ1) is 14.2. The molecule has 0 spiro atoms. The lowest BCUT2D eigenvalue weighted by atomic mass is 10.1. The average molecular weight is 472 g/mol. The molecule has 0 saturated carbocycles. The molecule has 0 aromatic rings. The van der Waals surface area contributed by atoms with Crippen LogP contribution in [-0.4, -0.2) is 63.9 Å². The van der Waals surface area contributed by atoms with Crippen molar-refractivity contribution in [3.05, 3.63) is 0 Å². The normalized spacial score (nSPS) is 21.4. The van der Waals surface area contributed by atoms with E-state index in [-0.39, 0.29) is 0 Å². The molecule has 3 aliphatic heterocycles. The number of hydrogen-bond donors (Lipinski definition) is 0. The topological polar surface area (TPSA) is 71.5 Å². The summed E-state index contributed by atoms with van der Waals surface area (Å²) in [6, 6.07) is 0.769. The van der Waals surface area contributed by atoms with E-state index in [4.69, 9.17) is 0 Å². The molecule has 3 saturated heterocycles. The van der Waals surface area contributed by atoms with Crippen molar-refractivity contribution >= 4 is 19.7 Å². The Kier molecular flexibility index (Phi) is 25.4. The molecule has 0 aromatic carbocycles. The summed E-state index contributed by atoms with van der Waals surface area (Å²) >= 11 is 0. The van der Waals surface area contributed by atoms with E-state index in [9.17, 15) is 16.8 Å².